The predicted molar refractivity (Wildman–Crippen MR) is 78.2 cm³/mol. The molecule has 0 aliphatic heterocycles. The van der Waals surface area contributed by atoms with Gasteiger partial charge in [0.05, 0.1) is 13.2 Å². The van der Waals surface area contributed by atoms with Crippen LogP contribution in [0.15, 0.2) is 24.3 Å². The molecule has 0 fully saturated rings. The van der Waals surface area contributed by atoms with E-state index in [4.69, 9.17) is 4.74 Å². The van der Waals surface area contributed by atoms with Gasteiger partial charge in [-0.05, 0) is 45.5 Å². The lowest BCUT2D eigenvalue weighted by atomic mass is 9.88. The minimum atomic E-state index is -1.17. The molecule has 0 heterocycles. The highest BCUT2D eigenvalue weighted by Crippen LogP contribution is 2.20. The summed E-state index contributed by atoms with van der Waals surface area (Å²) >= 11 is 0. The summed E-state index contributed by atoms with van der Waals surface area (Å²) in [6.45, 7) is 5.60. The van der Waals surface area contributed by atoms with Crippen LogP contribution in [0, 0.1) is 11.2 Å². The topological polar surface area (TPSA) is 46.6 Å². The Morgan fingerprint density at radius 3 is 2.57 bits per heavy atom. The van der Waals surface area contributed by atoms with Gasteiger partial charge in [-0.3, -0.25) is 14.5 Å². The first kappa shape index (κ1) is 17.3. The summed E-state index contributed by atoms with van der Waals surface area (Å²) in [4.78, 5) is 25.8. The van der Waals surface area contributed by atoms with E-state index in [-0.39, 0.29) is 24.8 Å². The molecule has 0 amide bonds. The highest BCUT2D eigenvalue weighted by molar-refractivity contribution is 6.03. The lowest BCUT2D eigenvalue weighted by Gasteiger charge is -2.24. The van der Waals surface area contributed by atoms with E-state index < -0.39 is 11.4 Å². The van der Waals surface area contributed by atoms with Crippen molar-refractivity contribution in [2.75, 3.05) is 20.2 Å². The number of likely N-dealkylation sites (N-methyl/N-ethyl adjacent to an activating group) is 1. The number of ether oxygens (including phenoxy) is 1. The van der Waals surface area contributed by atoms with E-state index in [9.17, 15) is 14.0 Å². The first-order chi connectivity index (χ1) is 9.77. The van der Waals surface area contributed by atoms with Gasteiger partial charge in [-0.2, -0.15) is 0 Å². The molecule has 0 unspecified atom stereocenters. The van der Waals surface area contributed by atoms with Gasteiger partial charge in [0.25, 0.3) is 0 Å². The molecule has 0 radical (unpaired) electrons. The summed E-state index contributed by atoms with van der Waals surface area (Å²) in [6.07, 6.45) is 0. The van der Waals surface area contributed by atoms with E-state index in [2.05, 4.69) is 0 Å². The van der Waals surface area contributed by atoms with Crippen LogP contribution in [0.5, 0.6) is 0 Å². The van der Waals surface area contributed by atoms with E-state index in [0.29, 0.717) is 6.54 Å². The van der Waals surface area contributed by atoms with Crippen LogP contribution in [0.3, 0.4) is 0 Å². The average molecular weight is 295 g/mol. The molecule has 0 saturated heterocycles. The fourth-order valence-electron chi connectivity index (χ4n) is 1.87. The molecule has 0 N–H and O–H groups in total. The summed E-state index contributed by atoms with van der Waals surface area (Å²) in [6, 6.07) is 6.22. The van der Waals surface area contributed by atoms with Crippen molar-refractivity contribution in [3.63, 3.8) is 0 Å². The first-order valence-electron chi connectivity index (χ1n) is 6.91. The molecule has 0 spiro atoms. The van der Waals surface area contributed by atoms with Gasteiger partial charge in [-0.15, -0.1) is 0 Å². The van der Waals surface area contributed by atoms with Crippen LogP contribution >= 0.6 is 0 Å². The number of nitrogens with zero attached hydrogens (tertiary/aromatic N) is 1. The molecule has 1 aromatic carbocycles. The maximum Gasteiger partial charge on any atom is 0.319 e. The first-order valence-corrected chi connectivity index (χ1v) is 6.91. The molecule has 5 heteroatoms. The van der Waals surface area contributed by atoms with Crippen molar-refractivity contribution in [3.8, 4) is 0 Å². The Bertz CT molecular complexity index is 514. The summed E-state index contributed by atoms with van der Waals surface area (Å²) in [5.74, 6) is -1.05. The van der Waals surface area contributed by atoms with E-state index in [0.717, 1.165) is 5.56 Å². The van der Waals surface area contributed by atoms with Gasteiger partial charge in [-0.25, -0.2) is 4.39 Å². The zero-order chi connectivity index (χ0) is 16.0. The van der Waals surface area contributed by atoms with Gasteiger partial charge >= 0.3 is 5.97 Å². The number of rotatable bonds is 7. The van der Waals surface area contributed by atoms with Crippen LogP contribution in [0.2, 0.25) is 0 Å². The summed E-state index contributed by atoms with van der Waals surface area (Å²) in [7, 11) is 1.75. The number of hydrogen-bond acceptors (Lipinski definition) is 4. The van der Waals surface area contributed by atoms with Gasteiger partial charge in [-0.1, -0.05) is 12.1 Å². The summed E-state index contributed by atoms with van der Waals surface area (Å²) < 4.78 is 18.0. The number of carbonyl (C=O) groups excluding carboxylic acids is 2. The van der Waals surface area contributed by atoms with Crippen molar-refractivity contribution in [1.82, 2.24) is 4.90 Å². The third-order valence-electron chi connectivity index (χ3n) is 3.24. The molecule has 0 aliphatic rings. The van der Waals surface area contributed by atoms with Crippen molar-refractivity contribution in [3.05, 3.63) is 35.6 Å². The molecule has 0 aromatic heterocycles. The summed E-state index contributed by atoms with van der Waals surface area (Å²) in [5.41, 5.74) is -0.397. The quantitative estimate of drug-likeness (QED) is 0.572. The molecular weight excluding hydrogens is 273 g/mol. The van der Waals surface area contributed by atoms with Gasteiger partial charge in [0.2, 0.25) is 0 Å². The third kappa shape index (κ3) is 4.93. The van der Waals surface area contributed by atoms with Crippen molar-refractivity contribution in [2.45, 2.75) is 27.3 Å². The lowest BCUT2D eigenvalue weighted by molar-refractivity contribution is -0.158. The highest BCUT2D eigenvalue weighted by Gasteiger charge is 2.37. The monoisotopic (exact) mass is 295 g/mol. The molecule has 116 valence electrons. The number of hydrogen-bond donors (Lipinski definition) is 0. The maximum atomic E-state index is 13.1. The maximum absolute atomic E-state index is 13.1. The van der Waals surface area contributed by atoms with Crippen LogP contribution in [0.1, 0.15) is 26.3 Å². The fraction of sp³-hybridized carbons (Fsp3) is 0.500. The Morgan fingerprint density at radius 1 is 1.33 bits per heavy atom. The average Bonchev–Trinajstić information content (AvgIpc) is 2.38. The zero-order valence-corrected chi connectivity index (χ0v) is 13.0. The normalized spacial score (nSPS) is 11.5. The van der Waals surface area contributed by atoms with Gasteiger partial charge < -0.3 is 4.74 Å². The number of ketones is 1. The van der Waals surface area contributed by atoms with Crippen molar-refractivity contribution < 1.29 is 18.7 Å². The van der Waals surface area contributed by atoms with E-state index in [1.807, 2.05) is 0 Å². The van der Waals surface area contributed by atoms with E-state index in [1.54, 1.807) is 44.9 Å². The van der Waals surface area contributed by atoms with Crippen LogP contribution in [0.4, 0.5) is 4.39 Å². The Morgan fingerprint density at radius 2 is 2.00 bits per heavy atom. The van der Waals surface area contributed by atoms with Crippen LogP contribution in [-0.4, -0.2) is 36.9 Å². The Labute approximate surface area is 124 Å². The van der Waals surface area contributed by atoms with Crippen LogP contribution < -0.4 is 0 Å². The molecule has 0 aliphatic carbocycles. The second-order valence-electron chi connectivity index (χ2n) is 5.57. The Kier molecular flexibility index (Phi) is 6.03. The van der Waals surface area contributed by atoms with Crippen molar-refractivity contribution in [2.24, 2.45) is 5.41 Å². The third-order valence-corrected chi connectivity index (χ3v) is 3.24. The van der Waals surface area contributed by atoms with Crippen molar-refractivity contribution >= 4 is 11.8 Å². The van der Waals surface area contributed by atoms with Crippen LogP contribution in [0.25, 0.3) is 0 Å². The second-order valence-corrected chi connectivity index (χ2v) is 5.57. The Balaban J connectivity index is 2.63. The minimum absolute atomic E-state index is 0.0995. The number of benzene rings is 1. The molecule has 21 heavy (non-hydrogen) atoms. The predicted octanol–water partition coefficient (Wildman–Crippen LogP) is 2.42. The van der Waals surface area contributed by atoms with E-state index >= 15 is 0 Å². The zero-order valence-electron chi connectivity index (χ0n) is 13.0. The highest BCUT2D eigenvalue weighted by atomic mass is 19.1. The van der Waals surface area contributed by atoms with E-state index in [1.165, 1.54) is 12.1 Å². The standard InChI is InChI=1S/C16H22FNO3/c1-5-21-15(20)16(2,3)14(19)11-18(4)10-12-7-6-8-13(17)9-12/h6-9H,5,10-11H2,1-4H3. The molecule has 4 nitrogen and oxygen atoms in total. The molecule has 0 saturated carbocycles. The smallest absolute Gasteiger partial charge is 0.319 e. The van der Waals surface area contributed by atoms with Crippen molar-refractivity contribution in [1.29, 1.82) is 0 Å². The van der Waals surface area contributed by atoms with Gasteiger partial charge in [0, 0.05) is 6.54 Å². The molecule has 1 rings (SSSR count). The SMILES string of the molecule is CCOC(=O)C(C)(C)C(=O)CN(C)Cc1cccc(F)c1. The fourth-order valence-corrected chi connectivity index (χ4v) is 1.87. The summed E-state index contributed by atoms with van der Waals surface area (Å²) in [5, 5.41) is 0. The largest absolute Gasteiger partial charge is 0.465 e. The lowest BCUT2D eigenvalue weighted by Crippen LogP contribution is -2.41. The van der Waals surface area contributed by atoms with Crippen LogP contribution in [-0.2, 0) is 20.9 Å². The Hall–Kier alpha value is -1.75. The molecule has 1 aromatic rings. The van der Waals surface area contributed by atoms with Gasteiger partial charge in [0.1, 0.15) is 11.2 Å². The molecule has 0 bridgehead atoms. The van der Waals surface area contributed by atoms with Gasteiger partial charge in [0.15, 0.2) is 5.78 Å². The number of halogens is 1. The minimum Gasteiger partial charge on any atom is -0.465 e. The number of carbonyl (C=O) groups is 2. The molecular formula is C16H22FNO3. The molecule has 0 atom stereocenters. The second kappa shape index (κ2) is 7.31. The number of Topliss-reactive ketones (excluding diaryl/α,β-unsaturated/α-hetero) is 1. The number of esters is 1.